The maximum Gasteiger partial charge on any atom is 0.292 e. The van der Waals surface area contributed by atoms with Gasteiger partial charge in [-0.1, -0.05) is 24.3 Å². The summed E-state index contributed by atoms with van der Waals surface area (Å²) in [4.78, 5) is -4.62. The van der Waals surface area contributed by atoms with Crippen LogP contribution < -0.4 is 5.73 Å². The second-order valence-corrected chi connectivity index (χ2v) is 9.32. The summed E-state index contributed by atoms with van der Waals surface area (Å²) in [7, 11) is -16.2. The molecule has 0 bridgehead atoms. The Bertz CT molecular complexity index is 1010. The summed E-state index contributed by atoms with van der Waals surface area (Å²) in [6, 6.07) is 4.85. The molecule has 5 N–H and O–H groups in total. The number of hydrogen-bond donors (Lipinski definition) is 4. The van der Waals surface area contributed by atoms with E-state index in [-0.39, 0.29) is 5.56 Å². The van der Waals surface area contributed by atoms with Crippen LogP contribution in [0.4, 0.5) is 0 Å². The third kappa shape index (κ3) is 2.80. The van der Waals surface area contributed by atoms with Crippen LogP contribution in [0.25, 0.3) is 6.08 Å². The molecule has 2 unspecified atom stereocenters. The highest BCUT2D eigenvalue weighted by atomic mass is 32.2. The Hall–Kier alpha value is -1.35. The van der Waals surface area contributed by atoms with Gasteiger partial charge in [-0.3, -0.25) is 13.7 Å². The highest BCUT2D eigenvalue weighted by Gasteiger charge is 2.60. The van der Waals surface area contributed by atoms with Crippen LogP contribution in [0.5, 0.6) is 0 Å². The minimum absolute atomic E-state index is 0.167. The largest absolute Gasteiger partial charge is 0.305 e. The van der Waals surface area contributed by atoms with Crippen molar-refractivity contribution in [2.75, 3.05) is 0 Å². The van der Waals surface area contributed by atoms with Crippen molar-refractivity contribution in [2.45, 2.75) is 10.1 Å². The number of hydrogen-bond acceptors (Lipinski definition) is 7. The molecule has 1 aromatic rings. The summed E-state index contributed by atoms with van der Waals surface area (Å²) in [5.74, 6) is 0. The van der Waals surface area contributed by atoms with Crippen LogP contribution in [-0.2, 0) is 35.2 Å². The molecule has 0 aliphatic heterocycles. The molecule has 10 nitrogen and oxygen atoms in total. The van der Waals surface area contributed by atoms with Crippen molar-refractivity contribution in [3.8, 4) is 0 Å². The van der Waals surface area contributed by atoms with Gasteiger partial charge in [0.2, 0.25) is 0 Å². The van der Waals surface area contributed by atoms with Gasteiger partial charge in [0.1, 0.15) is 0 Å². The molecule has 13 heteroatoms. The number of rotatable bonds is 3. The van der Waals surface area contributed by atoms with E-state index in [0.29, 0.717) is 6.08 Å². The van der Waals surface area contributed by atoms with Crippen molar-refractivity contribution in [1.82, 2.24) is 0 Å². The normalized spacial score (nSPS) is 25.6. The smallest absolute Gasteiger partial charge is 0.292 e. The average molecular weight is 385 g/mol. The zero-order valence-electron chi connectivity index (χ0n) is 11.1. The lowest BCUT2D eigenvalue weighted by Gasteiger charge is -2.37. The third-order valence-corrected chi connectivity index (χ3v) is 7.13. The lowest BCUT2D eigenvalue weighted by atomic mass is 9.92. The van der Waals surface area contributed by atoms with Crippen LogP contribution in [0.2, 0.25) is 0 Å². The standard InChI is InChI=1S/C10H11NO9S3/c11-10(23(18,19)20)7-4-2-1-3-6(7)5-8(21(12,13)14)9(10)22(15,16)17/h1-5,9H,11H2,(H,12,13,14)(H,15,16,17)(H,18,19,20). The van der Waals surface area contributed by atoms with Gasteiger partial charge in [0.15, 0.2) is 10.1 Å². The SMILES string of the molecule is NC1(S(=O)(=O)O)c2ccccc2C=C(S(=O)(=O)O)C1S(=O)(=O)O. The first-order chi connectivity index (χ1) is 10.2. The van der Waals surface area contributed by atoms with E-state index in [1.54, 1.807) is 0 Å². The summed E-state index contributed by atoms with van der Waals surface area (Å²) in [6.07, 6.45) is 0.652. The maximum atomic E-state index is 11.8. The predicted molar refractivity (Wildman–Crippen MR) is 78.7 cm³/mol. The zero-order chi connectivity index (χ0) is 17.8. The molecule has 0 spiro atoms. The first-order valence-corrected chi connectivity index (χ1v) is 10.1. The van der Waals surface area contributed by atoms with Crippen LogP contribution >= 0.6 is 0 Å². The molecular formula is C10H11NO9S3. The molecule has 2 atom stereocenters. The summed E-state index contributed by atoms with van der Waals surface area (Å²) >= 11 is 0. The minimum Gasteiger partial charge on any atom is -0.305 e. The highest BCUT2D eigenvalue weighted by molar-refractivity contribution is 7.94. The van der Waals surface area contributed by atoms with Gasteiger partial charge in [-0.2, -0.15) is 25.3 Å². The Morgan fingerprint density at radius 3 is 1.91 bits per heavy atom. The molecule has 23 heavy (non-hydrogen) atoms. The van der Waals surface area contributed by atoms with Gasteiger partial charge in [0.25, 0.3) is 30.4 Å². The monoisotopic (exact) mass is 385 g/mol. The maximum absolute atomic E-state index is 11.8. The molecule has 0 heterocycles. The van der Waals surface area contributed by atoms with E-state index in [1.807, 2.05) is 0 Å². The number of nitrogens with two attached hydrogens (primary N) is 1. The van der Waals surface area contributed by atoms with Gasteiger partial charge < -0.3 is 5.73 Å². The molecular weight excluding hydrogens is 374 g/mol. The average Bonchev–Trinajstić information content (AvgIpc) is 2.34. The lowest BCUT2D eigenvalue weighted by molar-refractivity contribution is 0.403. The van der Waals surface area contributed by atoms with E-state index in [2.05, 4.69) is 0 Å². The topological polar surface area (TPSA) is 189 Å². The van der Waals surface area contributed by atoms with E-state index in [1.165, 1.54) is 18.2 Å². The minimum atomic E-state index is -5.46. The van der Waals surface area contributed by atoms with E-state index >= 15 is 0 Å². The summed E-state index contributed by atoms with van der Waals surface area (Å²) < 4.78 is 97.5. The van der Waals surface area contributed by atoms with Crippen LogP contribution in [0.15, 0.2) is 29.2 Å². The van der Waals surface area contributed by atoms with Crippen molar-refractivity contribution >= 4 is 36.4 Å². The molecule has 0 aromatic heterocycles. The Morgan fingerprint density at radius 1 is 0.957 bits per heavy atom. The fourth-order valence-corrected chi connectivity index (χ4v) is 6.47. The molecule has 0 radical (unpaired) electrons. The predicted octanol–water partition coefficient (Wildman–Crippen LogP) is -0.815. The van der Waals surface area contributed by atoms with E-state index in [4.69, 9.17) is 5.73 Å². The lowest BCUT2D eigenvalue weighted by Crippen LogP contribution is -2.59. The molecule has 0 saturated carbocycles. The summed E-state index contributed by atoms with van der Waals surface area (Å²) in [5.41, 5.74) is 4.94. The van der Waals surface area contributed by atoms with Crippen LogP contribution in [0.1, 0.15) is 11.1 Å². The van der Waals surface area contributed by atoms with Crippen LogP contribution in [-0.4, -0.2) is 44.2 Å². The molecule has 128 valence electrons. The molecule has 1 aliphatic rings. The fraction of sp³-hybridized carbons (Fsp3) is 0.200. The Kier molecular flexibility index (Phi) is 3.97. The second kappa shape index (κ2) is 5.07. The van der Waals surface area contributed by atoms with Crippen LogP contribution in [0.3, 0.4) is 0 Å². The molecule has 0 saturated heterocycles. The molecule has 0 amide bonds. The van der Waals surface area contributed by atoms with Gasteiger partial charge in [0.05, 0.1) is 4.91 Å². The van der Waals surface area contributed by atoms with E-state index in [0.717, 1.165) is 6.07 Å². The van der Waals surface area contributed by atoms with Gasteiger partial charge in [-0.15, -0.1) is 0 Å². The summed E-state index contributed by atoms with van der Waals surface area (Å²) in [6.45, 7) is 0. The quantitative estimate of drug-likeness (QED) is 0.478. The zero-order valence-corrected chi connectivity index (χ0v) is 13.5. The van der Waals surface area contributed by atoms with Gasteiger partial charge in [-0.25, -0.2) is 0 Å². The number of benzene rings is 1. The van der Waals surface area contributed by atoms with Gasteiger partial charge in [0, 0.05) is 0 Å². The second-order valence-electron chi connectivity index (χ2n) is 4.77. The molecule has 1 aromatic carbocycles. The van der Waals surface area contributed by atoms with E-state index < -0.39 is 50.9 Å². The molecule has 1 aliphatic carbocycles. The Balaban J connectivity index is 3.08. The molecule has 0 fully saturated rings. The van der Waals surface area contributed by atoms with Gasteiger partial charge in [-0.05, 0) is 17.2 Å². The number of fused-ring (bicyclic) bond motifs is 1. The van der Waals surface area contributed by atoms with Crippen molar-refractivity contribution in [2.24, 2.45) is 5.73 Å². The highest BCUT2D eigenvalue weighted by Crippen LogP contribution is 2.43. The van der Waals surface area contributed by atoms with Crippen molar-refractivity contribution in [3.05, 3.63) is 40.3 Å². The molecule has 2 rings (SSSR count). The van der Waals surface area contributed by atoms with Crippen LogP contribution in [0, 0.1) is 0 Å². The van der Waals surface area contributed by atoms with Crippen molar-refractivity contribution in [3.63, 3.8) is 0 Å². The Morgan fingerprint density at radius 2 is 1.48 bits per heavy atom. The third-order valence-electron chi connectivity index (χ3n) is 3.35. The fourth-order valence-electron chi connectivity index (χ4n) is 2.41. The first-order valence-electron chi connectivity index (χ1n) is 5.71. The Labute approximate surface area is 131 Å². The van der Waals surface area contributed by atoms with Crippen molar-refractivity contribution in [1.29, 1.82) is 0 Å². The summed E-state index contributed by atoms with van der Waals surface area (Å²) in [5, 5.41) is -2.85. The van der Waals surface area contributed by atoms with Crippen molar-refractivity contribution < 1.29 is 38.9 Å². The van der Waals surface area contributed by atoms with E-state index in [9.17, 15) is 38.9 Å². The first kappa shape index (κ1) is 18.0. The van der Waals surface area contributed by atoms with Gasteiger partial charge >= 0.3 is 0 Å².